The minimum atomic E-state index is -1.86. The van der Waals surface area contributed by atoms with Crippen molar-refractivity contribution in [1.29, 1.82) is 0 Å². The SMILES string of the molecule is c1ccc([P+](Cc2ccccc2CCC2CCCCC2)(c2ccccc2)c2ccccc2)cc1. The molecule has 0 heterocycles. The largest absolute Gasteiger partial charge is 0.116 e. The summed E-state index contributed by atoms with van der Waals surface area (Å²) >= 11 is 0. The van der Waals surface area contributed by atoms with E-state index in [2.05, 4.69) is 115 Å². The molecule has 0 spiro atoms. The maximum Gasteiger partial charge on any atom is 0.116 e. The molecule has 1 fully saturated rings. The van der Waals surface area contributed by atoms with Gasteiger partial charge < -0.3 is 0 Å². The lowest BCUT2D eigenvalue weighted by atomic mass is 9.85. The first-order chi connectivity index (χ1) is 16.9. The van der Waals surface area contributed by atoms with Crippen molar-refractivity contribution in [3.63, 3.8) is 0 Å². The number of hydrogen-bond acceptors (Lipinski definition) is 0. The molecule has 1 aliphatic carbocycles. The highest BCUT2D eigenvalue weighted by atomic mass is 31.2. The van der Waals surface area contributed by atoms with Gasteiger partial charge in [-0.25, -0.2) is 0 Å². The standard InChI is InChI=1S/C33H36P/c1-5-15-28(16-6-1)25-26-29-17-13-14-18-30(29)27-34(31-19-7-2-8-20-31,32-21-9-3-10-22-32)33-23-11-4-12-24-33/h2-4,7-14,17-24,28H,1,5-6,15-16,25-27H2/q+1. The van der Waals surface area contributed by atoms with E-state index in [1.807, 2.05) is 0 Å². The predicted octanol–water partition coefficient (Wildman–Crippen LogP) is 7.69. The quantitative estimate of drug-likeness (QED) is 0.235. The fraction of sp³-hybridized carbons (Fsp3) is 0.273. The highest BCUT2D eigenvalue weighted by Crippen LogP contribution is 2.58. The van der Waals surface area contributed by atoms with E-state index < -0.39 is 7.26 Å². The van der Waals surface area contributed by atoms with Gasteiger partial charge in [0.05, 0.1) is 6.16 Å². The van der Waals surface area contributed by atoms with Crippen LogP contribution in [0.1, 0.15) is 49.7 Å². The Balaban J connectivity index is 1.59. The topological polar surface area (TPSA) is 0 Å². The molecule has 34 heavy (non-hydrogen) atoms. The Morgan fingerprint density at radius 1 is 0.500 bits per heavy atom. The maximum absolute atomic E-state index is 2.40. The number of aryl methyl sites for hydroxylation is 1. The molecule has 0 unspecified atom stereocenters. The molecule has 4 aromatic rings. The van der Waals surface area contributed by atoms with Crippen molar-refractivity contribution in [1.82, 2.24) is 0 Å². The minimum absolute atomic E-state index is 0.915. The van der Waals surface area contributed by atoms with Gasteiger partial charge in [0.25, 0.3) is 0 Å². The van der Waals surface area contributed by atoms with Crippen LogP contribution in [0.3, 0.4) is 0 Å². The Hall–Kier alpha value is -2.69. The number of hydrogen-bond donors (Lipinski definition) is 0. The summed E-state index contributed by atoms with van der Waals surface area (Å²) in [5.41, 5.74) is 3.09. The van der Waals surface area contributed by atoms with Gasteiger partial charge in [0.15, 0.2) is 0 Å². The molecule has 1 heteroatoms. The smallest absolute Gasteiger partial charge is 0.0620 e. The van der Waals surface area contributed by atoms with Gasteiger partial charge in [0.2, 0.25) is 0 Å². The summed E-state index contributed by atoms with van der Waals surface area (Å²) in [6.07, 6.45) is 10.8. The zero-order valence-corrected chi connectivity index (χ0v) is 21.0. The lowest BCUT2D eigenvalue weighted by molar-refractivity contribution is 0.339. The predicted molar refractivity (Wildman–Crippen MR) is 150 cm³/mol. The van der Waals surface area contributed by atoms with E-state index in [1.54, 1.807) is 5.56 Å². The van der Waals surface area contributed by atoms with Crippen molar-refractivity contribution in [2.24, 2.45) is 5.92 Å². The summed E-state index contributed by atoms with van der Waals surface area (Å²) in [6.45, 7) is 0. The zero-order chi connectivity index (χ0) is 23.1. The van der Waals surface area contributed by atoms with Crippen LogP contribution in [-0.4, -0.2) is 0 Å². The van der Waals surface area contributed by atoms with Crippen LogP contribution in [0, 0.1) is 5.92 Å². The molecule has 5 rings (SSSR count). The van der Waals surface area contributed by atoms with Gasteiger partial charge in [0, 0.05) is 0 Å². The van der Waals surface area contributed by atoms with Crippen LogP contribution < -0.4 is 15.9 Å². The Morgan fingerprint density at radius 2 is 0.941 bits per heavy atom. The van der Waals surface area contributed by atoms with E-state index in [0.717, 1.165) is 12.1 Å². The van der Waals surface area contributed by atoms with E-state index in [0.29, 0.717) is 0 Å². The van der Waals surface area contributed by atoms with Crippen LogP contribution in [0.15, 0.2) is 115 Å². The summed E-state index contributed by atoms with van der Waals surface area (Å²) in [7, 11) is -1.86. The molecule has 0 aromatic heterocycles. The molecule has 0 radical (unpaired) electrons. The summed E-state index contributed by atoms with van der Waals surface area (Å²) in [5.74, 6) is 0.915. The van der Waals surface area contributed by atoms with Gasteiger partial charge in [-0.3, -0.25) is 0 Å². The van der Waals surface area contributed by atoms with Crippen LogP contribution in [-0.2, 0) is 12.6 Å². The molecule has 1 saturated carbocycles. The average Bonchev–Trinajstić information content (AvgIpc) is 2.93. The normalized spacial score (nSPS) is 14.7. The molecule has 0 nitrogen and oxygen atoms in total. The first-order valence-corrected chi connectivity index (χ1v) is 15.0. The van der Waals surface area contributed by atoms with Crippen LogP contribution in [0.5, 0.6) is 0 Å². The number of rotatable bonds is 8. The molecule has 172 valence electrons. The molecular weight excluding hydrogens is 427 g/mol. The van der Waals surface area contributed by atoms with E-state index in [-0.39, 0.29) is 0 Å². The second kappa shape index (κ2) is 11.2. The second-order valence-electron chi connectivity index (χ2n) is 9.79. The molecule has 0 saturated heterocycles. The van der Waals surface area contributed by atoms with E-state index >= 15 is 0 Å². The highest BCUT2D eigenvalue weighted by molar-refractivity contribution is 7.95. The second-order valence-corrected chi connectivity index (χ2v) is 13.3. The van der Waals surface area contributed by atoms with Crippen LogP contribution in [0.2, 0.25) is 0 Å². The van der Waals surface area contributed by atoms with Crippen molar-refractivity contribution in [2.75, 3.05) is 0 Å². The number of benzene rings is 4. The zero-order valence-electron chi connectivity index (χ0n) is 20.2. The van der Waals surface area contributed by atoms with Gasteiger partial charge >= 0.3 is 0 Å². The molecule has 0 bridgehead atoms. The van der Waals surface area contributed by atoms with E-state index in [4.69, 9.17) is 0 Å². The fourth-order valence-electron chi connectivity index (χ4n) is 5.82. The first kappa shape index (κ1) is 23.1. The van der Waals surface area contributed by atoms with Crippen molar-refractivity contribution >= 4 is 23.2 Å². The summed E-state index contributed by atoms with van der Waals surface area (Å²) in [6, 6.07) is 43.2. The lowest BCUT2D eigenvalue weighted by Gasteiger charge is -2.29. The van der Waals surface area contributed by atoms with Crippen molar-refractivity contribution in [3.05, 3.63) is 126 Å². The van der Waals surface area contributed by atoms with E-state index in [1.165, 1.54) is 66.4 Å². The Bertz CT molecular complexity index is 1050. The lowest BCUT2D eigenvalue weighted by Crippen LogP contribution is -2.32. The van der Waals surface area contributed by atoms with Gasteiger partial charge in [-0.2, -0.15) is 0 Å². The molecule has 4 aromatic carbocycles. The molecule has 0 aliphatic heterocycles. The third-order valence-electron chi connectivity index (χ3n) is 7.66. The van der Waals surface area contributed by atoms with Gasteiger partial charge in [0.1, 0.15) is 23.2 Å². The summed E-state index contributed by atoms with van der Waals surface area (Å²) in [4.78, 5) is 0. The monoisotopic (exact) mass is 463 g/mol. The van der Waals surface area contributed by atoms with Crippen molar-refractivity contribution in [3.8, 4) is 0 Å². The molecule has 0 atom stereocenters. The maximum atomic E-state index is 2.40. The third-order valence-corrected chi connectivity index (χ3v) is 12.0. The molecule has 0 N–H and O–H groups in total. The molecular formula is C33H36P+. The van der Waals surface area contributed by atoms with Crippen LogP contribution in [0.4, 0.5) is 0 Å². The third kappa shape index (κ3) is 5.03. The van der Waals surface area contributed by atoms with Crippen LogP contribution >= 0.6 is 7.26 Å². The summed E-state index contributed by atoms with van der Waals surface area (Å²) in [5, 5.41) is 4.40. The Kier molecular flexibility index (Phi) is 7.57. The Labute approximate surface area is 206 Å². The average molecular weight is 464 g/mol. The first-order valence-electron chi connectivity index (χ1n) is 13.0. The van der Waals surface area contributed by atoms with Gasteiger partial charge in [-0.05, 0) is 66.3 Å². The Morgan fingerprint density at radius 3 is 1.44 bits per heavy atom. The summed E-state index contributed by atoms with van der Waals surface area (Å²) < 4.78 is 0. The van der Waals surface area contributed by atoms with E-state index in [9.17, 15) is 0 Å². The van der Waals surface area contributed by atoms with Crippen molar-refractivity contribution in [2.45, 2.75) is 51.1 Å². The molecule has 0 amide bonds. The van der Waals surface area contributed by atoms with Crippen LogP contribution in [0.25, 0.3) is 0 Å². The molecule has 1 aliphatic rings. The van der Waals surface area contributed by atoms with Gasteiger partial charge in [-0.15, -0.1) is 0 Å². The van der Waals surface area contributed by atoms with Crippen molar-refractivity contribution < 1.29 is 0 Å². The minimum Gasteiger partial charge on any atom is -0.0620 e. The van der Waals surface area contributed by atoms with Gasteiger partial charge in [-0.1, -0.05) is 111 Å². The fourth-order valence-corrected chi connectivity index (χ4v) is 10.1. The highest BCUT2D eigenvalue weighted by Gasteiger charge is 2.45.